The highest BCUT2D eigenvalue weighted by atomic mass is 16.4. The Kier molecular flexibility index (Phi) is 4.32. The molecule has 0 fully saturated rings. The number of carboxylic acids is 2. The van der Waals surface area contributed by atoms with Crippen LogP contribution in [0.3, 0.4) is 0 Å². The van der Waals surface area contributed by atoms with E-state index in [1.165, 1.54) is 6.33 Å². The molecule has 2 rings (SSSR count). The molecule has 3 N–H and O–H groups in total. The Morgan fingerprint density at radius 3 is 2.67 bits per heavy atom. The summed E-state index contributed by atoms with van der Waals surface area (Å²) in [6.07, 6.45) is 1.60. The second-order valence-corrected chi connectivity index (χ2v) is 4.56. The smallest absolute Gasteiger partial charge is 0.326 e. The highest BCUT2D eigenvalue weighted by Gasteiger charge is 2.22. The van der Waals surface area contributed by atoms with Crippen molar-refractivity contribution in [1.82, 2.24) is 9.97 Å². The average molecular weight is 289 g/mol. The number of hydrogen-bond donors (Lipinski definition) is 3. The molecule has 0 radical (unpaired) electrons. The van der Waals surface area contributed by atoms with E-state index in [0.29, 0.717) is 16.7 Å². The van der Waals surface area contributed by atoms with Crippen LogP contribution in [0.2, 0.25) is 0 Å². The molecule has 0 saturated carbocycles. The summed E-state index contributed by atoms with van der Waals surface area (Å²) in [5, 5.41) is 21.2. The molecular formula is C14H15N3O4. The molecule has 0 bridgehead atoms. The molecule has 21 heavy (non-hydrogen) atoms. The van der Waals surface area contributed by atoms with E-state index in [-0.39, 0.29) is 0 Å². The second-order valence-electron chi connectivity index (χ2n) is 4.56. The van der Waals surface area contributed by atoms with Gasteiger partial charge in [-0.1, -0.05) is 13.0 Å². The summed E-state index contributed by atoms with van der Waals surface area (Å²) in [6.45, 7) is 2.00. The Morgan fingerprint density at radius 1 is 1.29 bits per heavy atom. The lowest BCUT2D eigenvalue weighted by Gasteiger charge is -2.14. The van der Waals surface area contributed by atoms with Crippen molar-refractivity contribution in [3.05, 3.63) is 30.1 Å². The van der Waals surface area contributed by atoms with Crippen LogP contribution in [0, 0.1) is 0 Å². The lowest BCUT2D eigenvalue weighted by atomic mass is 10.1. The van der Waals surface area contributed by atoms with E-state index in [4.69, 9.17) is 10.2 Å². The van der Waals surface area contributed by atoms with Crippen molar-refractivity contribution in [2.24, 2.45) is 0 Å². The summed E-state index contributed by atoms with van der Waals surface area (Å²) >= 11 is 0. The first kappa shape index (κ1) is 14.7. The number of fused-ring (bicyclic) bond motifs is 1. The standard InChI is InChI=1S/C14H15N3O4/c1-2-8-3-4-10-9(5-8)13(16-7-15-10)17-11(14(20)21)6-12(18)19/h3-5,7,11H,2,6H2,1H3,(H,18,19)(H,20,21)(H,15,16,17). The van der Waals surface area contributed by atoms with Crippen molar-refractivity contribution in [2.75, 3.05) is 5.32 Å². The molecule has 1 aromatic carbocycles. The fraction of sp³-hybridized carbons (Fsp3) is 0.286. The summed E-state index contributed by atoms with van der Waals surface area (Å²) in [4.78, 5) is 30.0. The maximum absolute atomic E-state index is 11.1. The summed E-state index contributed by atoms with van der Waals surface area (Å²) in [6, 6.07) is 4.39. The van der Waals surface area contributed by atoms with Crippen LogP contribution in [-0.2, 0) is 16.0 Å². The second kappa shape index (κ2) is 6.17. The van der Waals surface area contributed by atoms with E-state index in [2.05, 4.69) is 15.3 Å². The topological polar surface area (TPSA) is 112 Å². The number of nitrogens with one attached hydrogen (secondary N) is 1. The Hall–Kier alpha value is -2.70. The van der Waals surface area contributed by atoms with Gasteiger partial charge in [-0.25, -0.2) is 14.8 Å². The third kappa shape index (κ3) is 3.44. The SMILES string of the molecule is CCc1ccc2ncnc(NC(CC(=O)O)C(=O)O)c2c1. The zero-order valence-corrected chi connectivity index (χ0v) is 11.4. The van der Waals surface area contributed by atoms with Gasteiger partial charge in [0.15, 0.2) is 0 Å². The predicted octanol–water partition coefficient (Wildman–Crippen LogP) is 1.53. The summed E-state index contributed by atoms with van der Waals surface area (Å²) in [5.41, 5.74) is 1.73. The van der Waals surface area contributed by atoms with Gasteiger partial charge in [0.2, 0.25) is 0 Å². The lowest BCUT2D eigenvalue weighted by molar-refractivity contribution is -0.144. The normalized spacial score (nSPS) is 12.0. The molecule has 7 heteroatoms. The Labute approximate surface area is 120 Å². The van der Waals surface area contributed by atoms with Gasteiger partial charge in [0.05, 0.1) is 11.9 Å². The number of aromatic nitrogens is 2. The summed E-state index contributed by atoms with van der Waals surface area (Å²) in [5.74, 6) is -2.11. The van der Waals surface area contributed by atoms with Gasteiger partial charge in [-0.3, -0.25) is 4.79 Å². The minimum absolute atomic E-state index is 0.323. The molecule has 1 atom stereocenters. The minimum atomic E-state index is -1.24. The number of aryl methyl sites for hydroxylation is 1. The van der Waals surface area contributed by atoms with Crippen molar-refractivity contribution in [3.63, 3.8) is 0 Å². The molecule has 1 aromatic heterocycles. The largest absolute Gasteiger partial charge is 0.481 e. The third-order valence-electron chi connectivity index (χ3n) is 3.10. The first-order chi connectivity index (χ1) is 10.0. The van der Waals surface area contributed by atoms with Crippen LogP contribution in [0.5, 0.6) is 0 Å². The van der Waals surface area contributed by atoms with Crippen molar-refractivity contribution < 1.29 is 19.8 Å². The van der Waals surface area contributed by atoms with E-state index in [1.807, 2.05) is 25.1 Å². The molecule has 1 heterocycles. The van der Waals surface area contributed by atoms with Gasteiger partial charge in [0.25, 0.3) is 0 Å². The molecule has 0 amide bonds. The van der Waals surface area contributed by atoms with Crippen LogP contribution < -0.4 is 5.32 Å². The number of carbonyl (C=O) groups is 2. The number of rotatable bonds is 6. The van der Waals surface area contributed by atoms with E-state index in [0.717, 1.165) is 12.0 Å². The molecule has 0 aliphatic carbocycles. The Balaban J connectivity index is 2.40. The third-order valence-corrected chi connectivity index (χ3v) is 3.10. The fourth-order valence-corrected chi connectivity index (χ4v) is 1.98. The van der Waals surface area contributed by atoms with Crippen LogP contribution in [0.1, 0.15) is 18.9 Å². The highest BCUT2D eigenvalue weighted by Crippen LogP contribution is 2.22. The quantitative estimate of drug-likeness (QED) is 0.739. The van der Waals surface area contributed by atoms with Crippen LogP contribution in [0.15, 0.2) is 24.5 Å². The molecule has 0 aliphatic heterocycles. The van der Waals surface area contributed by atoms with Crippen molar-refractivity contribution in [2.45, 2.75) is 25.8 Å². The van der Waals surface area contributed by atoms with Gasteiger partial charge in [0.1, 0.15) is 18.2 Å². The van der Waals surface area contributed by atoms with Gasteiger partial charge >= 0.3 is 11.9 Å². The van der Waals surface area contributed by atoms with Gasteiger partial charge < -0.3 is 15.5 Å². The molecule has 1 unspecified atom stereocenters. The van der Waals surface area contributed by atoms with Crippen LogP contribution in [0.4, 0.5) is 5.82 Å². The van der Waals surface area contributed by atoms with Crippen molar-refractivity contribution in [3.8, 4) is 0 Å². The number of aliphatic carboxylic acids is 2. The minimum Gasteiger partial charge on any atom is -0.481 e. The van der Waals surface area contributed by atoms with Gasteiger partial charge in [-0.15, -0.1) is 0 Å². The molecule has 110 valence electrons. The number of hydrogen-bond acceptors (Lipinski definition) is 5. The zero-order valence-electron chi connectivity index (χ0n) is 11.4. The first-order valence-corrected chi connectivity index (χ1v) is 6.46. The number of benzene rings is 1. The Bertz CT molecular complexity index is 687. The lowest BCUT2D eigenvalue weighted by Crippen LogP contribution is -2.32. The maximum Gasteiger partial charge on any atom is 0.326 e. The fourth-order valence-electron chi connectivity index (χ4n) is 1.98. The van der Waals surface area contributed by atoms with E-state index in [9.17, 15) is 9.59 Å². The summed E-state index contributed by atoms with van der Waals surface area (Å²) in [7, 11) is 0. The monoisotopic (exact) mass is 289 g/mol. The van der Waals surface area contributed by atoms with Gasteiger partial charge in [-0.2, -0.15) is 0 Å². The number of anilines is 1. The van der Waals surface area contributed by atoms with E-state index < -0.39 is 24.4 Å². The van der Waals surface area contributed by atoms with Gasteiger partial charge in [0, 0.05) is 5.39 Å². The van der Waals surface area contributed by atoms with Gasteiger partial charge in [-0.05, 0) is 24.1 Å². The van der Waals surface area contributed by atoms with Crippen molar-refractivity contribution >= 4 is 28.7 Å². The molecule has 7 nitrogen and oxygen atoms in total. The van der Waals surface area contributed by atoms with Crippen LogP contribution in [-0.4, -0.2) is 38.2 Å². The van der Waals surface area contributed by atoms with Crippen LogP contribution in [0.25, 0.3) is 10.9 Å². The molecule has 0 aliphatic rings. The first-order valence-electron chi connectivity index (χ1n) is 6.46. The Morgan fingerprint density at radius 2 is 2.05 bits per heavy atom. The highest BCUT2D eigenvalue weighted by molar-refractivity contribution is 5.92. The molecular weight excluding hydrogens is 274 g/mol. The van der Waals surface area contributed by atoms with Crippen LogP contribution >= 0.6 is 0 Å². The maximum atomic E-state index is 11.1. The molecule has 2 aromatic rings. The molecule has 0 saturated heterocycles. The predicted molar refractivity (Wildman–Crippen MR) is 76.2 cm³/mol. The molecule has 0 spiro atoms. The van der Waals surface area contributed by atoms with E-state index in [1.54, 1.807) is 0 Å². The van der Waals surface area contributed by atoms with Crippen molar-refractivity contribution in [1.29, 1.82) is 0 Å². The zero-order chi connectivity index (χ0) is 15.4. The summed E-state index contributed by atoms with van der Waals surface area (Å²) < 4.78 is 0. The van der Waals surface area contributed by atoms with E-state index >= 15 is 0 Å². The number of carboxylic acid groups (broad SMARTS) is 2. The number of nitrogens with zero attached hydrogens (tertiary/aromatic N) is 2. The average Bonchev–Trinajstić information content (AvgIpc) is 2.45.